The van der Waals surface area contributed by atoms with Crippen molar-refractivity contribution in [3.05, 3.63) is 29.3 Å². The van der Waals surface area contributed by atoms with E-state index in [0.29, 0.717) is 17.8 Å². The second-order valence-corrected chi connectivity index (χ2v) is 4.34. The van der Waals surface area contributed by atoms with Crippen molar-refractivity contribution >= 4 is 29.9 Å². The molecule has 1 atom stereocenters. The zero-order valence-electron chi connectivity index (χ0n) is 12.4. The maximum Gasteiger partial charge on any atom is 0.254 e. The lowest BCUT2D eigenvalue weighted by Crippen LogP contribution is -2.36. The highest BCUT2D eigenvalue weighted by Crippen LogP contribution is 2.17. The van der Waals surface area contributed by atoms with Gasteiger partial charge in [-0.25, -0.2) is 0 Å². The third-order valence-corrected chi connectivity index (χ3v) is 2.87. The molecular weight excluding hydrogens is 294 g/mol. The summed E-state index contributed by atoms with van der Waals surface area (Å²) in [5.74, 6) is -0.436. The lowest BCUT2D eigenvalue weighted by atomic mass is 10.1. The normalized spacial score (nSPS) is 11.2. The highest BCUT2D eigenvalue weighted by Gasteiger charge is 2.16. The van der Waals surface area contributed by atoms with Gasteiger partial charge in [-0.1, -0.05) is 0 Å². The van der Waals surface area contributed by atoms with Crippen LogP contribution in [0.5, 0.6) is 0 Å². The third-order valence-electron chi connectivity index (χ3n) is 2.87. The van der Waals surface area contributed by atoms with Gasteiger partial charge >= 0.3 is 0 Å². The topological polar surface area (TPSA) is 93.5 Å². The number of rotatable bonds is 6. The first-order valence-corrected chi connectivity index (χ1v) is 6.46. The van der Waals surface area contributed by atoms with E-state index in [2.05, 4.69) is 10.6 Å². The van der Waals surface area contributed by atoms with Gasteiger partial charge in [-0.3, -0.25) is 9.59 Å². The van der Waals surface area contributed by atoms with Crippen LogP contribution in [0.15, 0.2) is 18.2 Å². The van der Waals surface area contributed by atoms with Crippen molar-refractivity contribution in [3.63, 3.8) is 0 Å². The number of nitrogens with one attached hydrogen (secondary N) is 2. The number of benzene rings is 1. The van der Waals surface area contributed by atoms with Crippen molar-refractivity contribution in [3.8, 4) is 0 Å². The minimum absolute atomic E-state index is 0. The van der Waals surface area contributed by atoms with Crippen molar-refractivity contribution in [2.45, 2.75) is 20.0 Å². The van der Waals surface area contributed by atoms with Crippen molar-refractivity contribution in [1.29, 1.82) is 0 Å². The van der Waals surface area contributed by atoms with Crippen LogP contribution >= 0.6 is 12.4 Å². The molecule has 1 aromatic rings. The molecule has 0 radical (unpaired) electrons. The summed E-state index contributed by atoms with van der Waals surface area (Å²) >= 11 is 0. The zero-order valence-corrected chi connectivity index (χ0v) is 13.3. The zero-order chi connectivity index (χ0) is 15.1. The molecule has 0 fully saturated rings. The van der Waals surface area contributed by atoms with Gasteiger partial charge in [0.2, 0.25) is 0 Å². The van der Waals surface area contributed by atoms with Crippen molar-refractivity contribution in [1.82, 2.24) is 5.32 Å². The van der Waals surface area contributed by atoms with Gasteiger partial charge in [0.25, 0.3) is 11.8 Å². The summed E-state index contributed by atoms with van der Waals surface area (Å²) in [6.45, 7) is 4.36. The average molecular weight is 316 g/mol. The molecule has 0 saturated heterocycles. The van der Waals surface area contributed by atoms with Crippen LogP contribution in [-0.4, -0.2) is 38.1 Å². The molecule has 0 spiro atoms. The first-order valence-electron chi connectivity index (χ1n) is 6.46. The van der Waals surface area contributed by atoms with Gasteiger partial charge in [0.05, 0.1) is 0 Å². The Morgan fingerprint density at radius 1 is 1.38 bits per heavy atom. The Kier molecular flexibility index (Phi) is 8.61. The Morgan fingerprint density at radius 2 is 2.05 bits per heavy atom. The molecule has 0 aromatic heterocycles. The molecule has 4 N–H and O–H groups in total. The van der Waals surface area contributed by atoms with E-state index in [1.54, 1.807) is 18.2 Å². The number of hydrogen-bond acceptors (Lipinski definition) is 4. The van der Waals surface area contributed by atoms with E-state index >= 15 is 0 Å². The number of carbonyl (C=O) groups excluding carboxylic acids is 2. The van der Waals surface area contributed by atoms with Crippen LogP contribution in [0.2, 0.25) is 0 Å². The fraction of sp³-hybridized carbons (Fsp3) is 0.429. The minimum atomic E-state index is -0.683. The van der Waals surface area contributed by atoms with Gasteiger partial charge in [-0.15, -0.1) is 12.4 Å². The summed E-state index contributed by atoms with van der Waals surface area (Å²) in [7, 11) is 1.43. The van der Waals surface area contributed by atoms with Crippen LogP contribution in [0.3, 0.4) is 0 Å². The predicted octanol–water partition coefficient (Wildman–Crippen LogP) is 1.08. The summed E-state index contributed by atoms with van der Waals surface area (Å²) in [6, 6.07) is 5.09. The number of methoxy groups -OCH3 is 1. The molecule has 2 amide bonds. The summed E-state index contributed by atoms with van der Waals surface area (Å²) in [5, 5.41) is 5.46. The number of carbonyl (C=O) groups is 2. The molecule has 0 aliphatic heterocycles. The molecular formula is C14H22ClN3O3. The number of amides is 2. The van der Waals surface area contributed by atoms with E-state index < -0.39 is 6.10 Å². The number of halogens is 1. The van der Waals surface area contributed by atoms with E-state index in [-0.39, 0.29) is 30.8 Å². The standard InChI is InChI=1S/C14H21N3O3.ClH/c1-4-16-13(18)10-5-6-11(9(2)7-10)17-14(19)12(8-15)20-3;/h5-7,12H,4,8,15H2,1-3H3,(H,16,18)(H,17,19);1H. The average Bonchev–Trinajstić information content (AvgIpc) is 2.42. The maximum absolute atomic E-state index is 11.9. The van der Waals surface area contributed by atoms with Gasteiger partial charge in [0.15, 0.2) is 0 Å². The highest BCUT2D eigenvalue weighted by atomic mass is 35.5. The highest BCUT2D eigenvalue weighted by molar-refractivity contribution is 5.97. The quantitative estimate of drug-likeness (QED) is 0.732. The molecule has 0 bridgehead atoms. The second kappa shape index (κ2) is 9.33. The minimum Gasteiger partial charge on any atom is -0.370 e. The lowest BCUT2D eigenvalue weighted by molar-refractivity contribution is -0.125. The molecule has 7 heteroatoms. The van der Waals surface area contributed by atoms with Gasteiger partial charge in [-0.2, -0.15) is 0 Å². The number of aryl methyl sites for hydroxylation is 1. The molecule has 0 aliphatic rings. The summed E-state index contributed by atoms with van der Waals surface area (Å²) in [4.78, 5) is 23.5. The van der Waals surface area contributed by atoms with Gasteiger partial charge < -0.3 is 21.1 Å². The molecule has 1 rings (SSSR count). The number of anilines is 1. The summed E-state index contributed by atoms with van der Waals surface area (Å²) in [5.41, 5.74) is 7.43. The molecule has 1 unspecified atom stereocenters. The molecule has 0 aliphatic carbocycles. The van der Waals surface area contributed by atoms with Crippen molar-refractivity contribution in [2.75, 3.05) is 25.5 Å². The maximum atomic E-state index is 11.9. The van der Waals surface area contributed by atoms with Gasteiger partial charge in [0, 0.05) is 31.5 Å². The SMILES string of the molecule is CCNC(=O)c1ccc(NC(=O)C(CN)OC)c(C)c1.Cl. The Balaban J connectivity index is 0.00000400. The fourth-order valence-corrected chi connectivity index (χ4v) is 1.73. The first-order chi connectivity index (χ1) is 9.53. The van der Waals surface area contributed by atoms with E-state index in [1.807, 2.05) is 13.8 Å². The monoisotopic (exact) mass is 315 g/mol. The molecule has 1 aromatic carbocycles. The first kappa shape index (κ1) is 19.4. The smallest absolute Gasteiger partial charge is 0.254 e. The van der Waals surface area contributed by atoms with Crippen LogP contribution in [0.1, 0.15) is 22.8 Å². The molecule has 0 heterocycles. The predicted molar refractivity (Wildman–Crippen MR) is 84.9 cm³/mol. The fourth-order valence-electron chi connectivity index (χ4n) is 1.73. The van der Waals surface area contributed by atoms with Crippen molar-refractivity contribution in [2.24, 2.45) is 5.73 Å². The lowest BCUT2D eigenvalue weighted by Gasteiger charge is -2.15. The second-order valence-electron chi connectivity index (χ2n) is 4.34. The Labute approximate surface area is 130 Å². The van der Waals surface area contributed by atoms with E-state index in [4.69, 9.17) is 10.5 Å². The molecule has 0 saturated carbocycles. The molecule has 21 heavy (non-hydrogen) atoms. The Bertz CT molecular complexity index is 490. The summed E-state index contributed by atoms with van der Waals surface area (Å²) in [6.07, 6.45) is -0.683. The van der Waals surface area contributed by atoms with Crippen LogP contribution in [0.25, 0.3) is 0 Å². The van der Waals surface area contributed by atoms with Crippen LogP contribution in [-0.2, 0) is 9.53 Å². The largest absolute Gasteiger partial charge is 0.370 e. The Hall–Kier alpha value is -1.63. The third kappa shape index (κ3) is 5.34. The number of ether oxygens (including phenoxy) is 1. The van der Waals surface area contributed by atoms with E-state index in [9.17, 15) is 9.59 Å². The van der Waals surface area contributed by atoms with Crippen LogP contribution in [0, 0.1) is 6.92 Å². The van der Waals surface area contributed by atoms with Crippen LogP contribution in [0.4, 0.5) is 5.69 Å². The van der Waals surface area contributed by atoms with Crippen molar-refractivity contribution < 1.29 is 14.3 Å². The molecule has 6 nitrogen and oxygen atoms in total. The van der Waals surface area contributed by atoms with Crippen LogP contribution < -0.4 is 16.4 Å². The number of hydrogen-bond donors (Lipinski definition) is 3. The van der Waals surface area contributed by atoms with Gasteiger partial charge in [-0.05, 0) is 37.6 Å². The van der Waals surface area contributed by atoms with Gasteiger partial charge in [0.1, 0.15) is 6.10 Å². The summed E-state index contributed by atoms with van der Waals surface area (Å²) < 4.78 is 4.97. The van der Waals surface area contributed by atoms with E-state index in [0.717, 1.165) is 5.56 Å². The number of nitrogens with two attached hydrogens (primary N) is 1. The van der Waals surface area contributed by atoms with E-state index in [1.165, 1.54) is 7.11 Å². The Morgan fingerprint density at radius 3 is 2.52 bits per heavy atom. The molecule has 118 valence electrons.